The van der Waals surface area contributed by atoms with E-state index in [0.717, 1.165) is 0 Å². The summed E-state index contributed by atoms with van der Waals surface area (Å²) in [4.78, 5) is 31.0. The molecule has 8 nitrogen and oxygen atoms in total. The van der Waals surface area contributed by atoms with Gasteiger partial charge in [-0.2, -0.15) is 0 Å². The van der Waals surface area contributed by atoms with E-state index in [1.807, 2.05) is 6.92 Å². The molecule has 0 unspecified atom stereocenters. The molecule has 160 valence electrons. The van der Waals surface area contributed by atoms with Crippen LogP contribution in [0.15, 0.2) is 18.5 Å². The second-order valence-corrected chi connectivity index (χ2v) is 7.86. The SMILES string of the molecule is C[C@H]1Cn2cnc(C(=O)NC3(C)COC3)c2CN1C(=O)Nc1cc(F)c(F)c(F)c1. The summed E-state index contributed by atoms with van der Waals surface area (Å²) in [6, 6.07) is 0.492. The molecule has 1 atom stereocenters. The molecule has 0 saturated carbocycles. The molecule has 4 rings (SSSR count). The Morgan fingerprint density at radius 1 is 1.23 bits per heavy atom. The lowest BCUT2D eigenvalue weighted by atomic mass is 10.0. The van der Waals surface area contributed by atoms with Gasteiger partial charge >= 0.3 is 6.03 Å². The van der Waals surface area contributed by atoms with E-state index in [4.69, 9.17) is 4.74 Å². The van der Waals surface area contributed by atoms with Crippen molar-refractivity contribution in [3.05, 3.63) is 47.3 Å². The summed E-state index contributed by atoms with van der Waals surface area (Å²) in [7, 11) is 0. The second kappa shape index (κ2) is 7.31. The van der Waals surface area contributed by atoms with Crippen LogP contribution in [0.4, 0.5) is 23.7 Å². The summed E-state index contributed by atoms with van der Waals surface area (Å²) in [5.74, 6) is -4.78. The highest BCUT2D eigenvalue weighted by molar-refractivity contribution is 5.94. The Morgan fingerprint density at radius 2 is 1.90 bits per heavy atom. The maximum Gasteiger partial charge on any atom is 0.322 e. The van der Waals surface area contributed by atoms with E-state index < -0.39 is 29.0 Å². The number of imidazole rings is 1. The highest BCUT2D eigenvalue weighted by Crippen LogP contribution is 2.24. The summed E-state index contributed by atoms with van der Waals surface area (Å²) in [5, 5.41) is 5.25. The molecule has 2 aliphatic heterocycles. The van der Waals surface area contributed by atoms with Gasteiger partial charge in [-0.15, -0.1) is 0 Å². The molecule has 1 saturated heterocycles. The van der Waals surface area contributed by atoms with Crippen molar-refractivity contribution in [3.63, 3.8) is 0 Å². The van der Waals surface area contributed by atoms with Crippen molar-refractivity contribution in [1.29, 1.82) is 0 Å². The zero-order valence-corrected chi connectivity index (χ0v) is 16.3. The van der Waals surface area contributed by atoms with Crippen LogP contribution in [0, 0.1) is 17.5 Å². The number of nitrogens with one attached hydrogen (secondary N) is 2. The highest BCUT2D eigenvalue weighted by Gasteiger charge is 2.37. The second-order valence-electron chi connectivity index (χ2n) is 7.86. The standard InChI is InChI=1S/C19H20F3N5O3/c1-10-5-26-9-23-16(17(28)25-19(2)7-30-8-19)14(26)6-27(10)18(29)24-11-3-12(20)15(22)13(21)4-11/h3-4,9-10H,5-8H2,1-2H3,(H,24,29)(H,25,28)/t10-/m0/s1. The number of carbonyl (C=O) groups excluding carboxylic acids is 2. The first kappa shape index (κ1) is 20.2. The molecule has 1 aromatic carbocycles. The third kappa shape index (κ3) is 3.60. The monoisotopic (exact) mass is 423 g/mol. The fourth-order valence-corrected chi connectivity index (χ4v) is 3.53. The molecule has 0 radical (unpaired) electrons. The lowest BCUT2D eigenvalue weighted by Gasteiger charge is -2.39. The van der Waals surface area contributed by atoms with Crippen LogP contribution in [0.25, 0.3) is 0 Å². The molecule has 11 heteroatoms. The zero-order valence-electron chi connectivity index (χ0n) is 16.3. The summed E-state index contributed by atoms with van der Waals surface area (Å²) in [5.41, 5.74) is 0.0786. The molecule has 1 aromatic heterocycles. The van der Waals surface area contributed by atoms with Gasteiger partial charge in [0.05, 0.1) is 37.3 Å². The maximum absolute atomic E-state index is 13.4. The van der Waals surface area contributed by atoms with Crippen molar-refractivity contribution in [2.75, 3.05) is 18.5 Å². The van der Waals surface area contributed by atoms with Gasteiger partial charge in [-0.25, -0.2) is 22.9 Å². The molecular formula is C19H20F3N5O3. The first-order valence-corrected chi connectivity index (χ1v) is 9.33. The van der Waals surface area contributed by atoms with E-state index in [9.17, 15) is 22.8 Å². The average Bonchev–Trinajstić information content (AvgIpc) is 3.06. The number of urea groups is 1. The van der Waals surface area contributed by atoms with Crippen LogP contribution < -0.4 is 10.6 Å². The third-order valence-corrected chi connectivity index (χ3v) is 5.23. The van der Waals surface area contributed by atoms with E-state index >= 15 is 0 Å². The fourth-order valence-electron chi connectivity index (χ4n) is 3.53. The average molecular weight is 423 g/mol. The summed E-state index contributed by atoms with van der Waals surface area (Å²) in [6.45, 7) is 4.92. The van der Waals surface area contributed by atoms with Crippen LogP contribution in [0.1, 0.15) is 30.0 Å². The first-order chi connectivity index (χ1) is 14.2. The lowest BCUT2D eigenvalue weighted by molar-refractivity contribution is -0.0594. The molecule has 0 aliphatic carbocycles. The van der Waals surface area contributed by atoms with Gasteiger partial charge in [-0.3, -0.25) is 4.79 Å². The smallest absolute Gasteiger partial charge is 0.322 e. The Kier molecular flexibility index (Phi) is 4.92. The van der Waals surface area contributed by atoms with Gasteiger partial charge in [0.2, 0.25) is 0 Å². The van der Waals surface area contributed by atoms with Crippen molar-refractivity contribution >= 4 is 17.6 Å². The van der Waals surface area contributed by atoms with Gasteiger partial charge in [-0.05, 0) is 13.8 Å². The van der Waals surface area contributed by atoms with E-state index in [1.54, 1.807) is 17.8 Å². The summed E-state index contributed by atoms with van der Waals surface area (Å²) >= 11 is 0. The van der Waals surface area contributed by atoms with Crippen molar-refractivity contribution in [3.8, 4) is 0 Å². The number of halogens is 3. The Bertz CT molecular complexity index is 998. The maximum atomic E-state index is 13.4. The number of nitrogens with zero attached hydrogens (tertiary/aromatic N) is 3. The van der Waals surface area contributed by atoms with E-state index in [1.165, 1.54) is 4.90 Å². The number of anilines is 1. The Labute approximate surface area is 170 Å². The number of ether oxygens (including phenoxy) is 1. The molecule has 3 amide bonds. The van der Waals surface area contributed by atoms with Gasteiger partial charge in [0, 0.05) is 30.4 Å². The van der Waals surface area contributed by atoms with Crippen LogP contribution >= 0.6 is 0 Å². The lowest BCUT2D eigenvalue weighted by Crippen LogP contribution is -2.60. The number of aromatic nitrogens is 2. The van der Waals surface area contributed by atoms with Gasteiger partial charge < -0.3 is 24.8 Å². The highest BCUT2D eigenvalue weighted by atomic mass is 19.2. The van der Waals surface area contributed by atoms with Gasteiger partial charge in [-0.1, -0.05) is 0 Å². The van der Waals surface area contributed by atoms with E-state index in [0.29, 0.717) is 37.6 Å². The van der Waals surface area contributed by atoms with Crippen molar-refractivity contribution < 1.29 is 27.5 Å². The number of fused-ring (bicyclic) bond motifs is 1. The van der Waals surface area contributed by atoms with Crippen LogP contribution in [0.3, 0.4) is 0 Å². The van der Waals surface area contributed by atoms with Crippen LogP contribution in [-0.4, -0.2) is 51.2 Å². The topological polar surface area (TPSA) is 88.5 Å². The van der Waals surface area contributed by atoms with Crippen molar-refractivity contribution in [1.82, 2.24) is 19.8 Å². The molecule has 2 N–H and O–H groups in total. The van der Waals surface area contributed by atoms with Crippen LogP contribution in [0.5, 0.6) is 0 Å². The third-order valence-electron chi connectivity index (χ3n) is 5.23. The quantitative estimate of drug-likeness (QED) is 0.742. The summed E-state index contributed by atoms with van der Waals surface area (Å²) in [6.07, 6.45) is 1.54. The van der Waals surface area contributed by atoms with Gasteiger partial charge in [0.1, 0.15) is 0 Å². The van der Waals surface area contributed by atoms with Gasteiger partial charge in [0.25, 0.3) is 5.91 Å². The molecule has 30 heavy (non-hydrogen) atoms. The number of benzene rings is 1. The Balaban J connectivity index is 1.52. The number of hydrogen-bond acceptors (Lipinski definition) is 4. The minimum Gasteiger partial charge on any atom is -0.376 e. The van der Waals surface area contributed by atoms with E-state index in [-0.39, 0.29) is 29.9 Å². The number of amides is 3. The molecule has 2 aliphatic rings. The Morgan fingerprint density at radius 3 is 2.50 bits per heavy atom. The summed E-state index contributed by atoms with van der Waals surface area (Å²) < 4.78 is 46.9. The largest absolute Gasteiger partial charge is 0.376 e. The molecule has 3 heterocycles. The minimum absolute atomic E-state index is 0.0646. The number of hydrogen-bond donors (Lipinski definition) is 2. The van der Waals surface area contributed by atoms with Crippen molar-refractivity contribution in [2.24, 2.45) is 0 Å². The predicted molar refractivity (Wildman–Crippen MR) is 99.3 cm³/mol. The minimum atomic E-state index is -1.61. The molecular weight excluding hydrogens is 403 g/mol. The fraction of sp³-hybridized carbons (Fsp3) is 0.421. The molecule has 1 fully saturated rings. The van der Waals surface area contributed by atoms with Crippen LogP contribution in [-0.2, 0) is 17.8 Å². The number of carbonyl (C=O) groups is 2. The zero-order chi connectivity index (χ0) is 21.6. The van der Waals surface area contributed by atoms with Crippen LogP contribution in [0.2, 0.25) is 0 Å². The van der Waals surface area contributed by atoms with Crippen molar-refractivity contribution in [2.45, 2.75) is 38.5 Å². The number of rotatable bonds is 3. The van der Waals surface area contributed by atoms with E-state index in [2.05, 4.69) is 15.6 Å². The molecule has 0 spiro atoms. The molecule has 0 bridgehead atoms. The predicted octanol–water partition coefficient (Wildman–Crippen LogP) is 2.26. The molecule has 2 aromatic rings. The van der Waals surface area contributed by atoms with Gasteiger partial charge in [0.15, 0.2) is 23.1 Å². The normalized spacial score (nSPS) is 19.6. The Hall–Kier alpha value is -3.08. The first-order valence-electron chi connectivity index (χ1n) is 9.33.